The van der Waals surface area contributed by atoms with Gasteiger partial charge in [-0.25, -0.2) is 28.6 Å². The SMILES string of the molecule is C=CCC=CCC=CCCCCCCCCSCCNC(=O)CCNC(=O)[C@H](O)C(C)(C)COP(=O)(O)OP(=O)(O)OC[C@H]1O[C@@H](n2cnc3c(N)ncnc32)[C@H](O)[C@@H]1OP(=O)(O)O. The lowest BCUT2D eigenvalue weighted by molar-refractivity contribution is -0.137. The zero-order chi connectivity index (χ0) is 47.4. The molecule has 2 aromatic rings. The van der Waals surface area contributed by atoms with E-state index in [1.165, 1.54) is 46.0 Å². The van der Waals surface area contributed by atoms with Gasteiger partial charge in [0.2, 0.25) is 11.8 Å². The molecule has 3 rings (SSSR count). The van der Waals surface area contributed by atoms with Crippen LogP contribution < -0.4 is 16.4 Å². The van der Waals surface area contributed by atoms with E-state index in [9.17, 15) is 53.1 Å². The fourth-order valence-corrected chi connectivity index (χ4v) is 9.75. The van der Waals surface area contributed by atoms with Gasteiger partial charge in [0.1, 0.15) is 36.3 Å². The van der Waals surface area contributed by atoms with Crippen LogP contribution >= 0.6 is 35.2 Å². The molecular weight excluding hydrogens is 923 g/mol. The Balaban J connectivity index is 1.32. The van der Waals surface area contributed by atoms with Crippen molar-refractivity contribution >= 4 is 64.0 Å². The Morgan fingerprint density at radius 1 is 0.953 bits per heavy atom. The summed E-state index contributed by atoms with van der Waals surface area (Å²) in [5, 5.41) is 26.7. The number of carbonyl (C=O) groups excluding carboxylic acids is 2. The molecule has 0 bridgehead atoms. The highest BCUT2D eigenvalue weighted by Gasteiger charge is 2.50. The van der Waals surface area contributed by atoms with Gasteiger partial charge in [-0.05, 0) is 37.9 Å². The molecule has 1 aliphatic heterocycles. The first-order valence-electron chi connectivity index (χ1n) is 20.5. The average Bonchev–Trinajstić information content (AvgIpc) is 3.78. The van der Waals surface area contributed by atoms with Crippen LogP contribution in [-0.2, 0) is 45.9 Å². The monoisotopic (exact) mass is 985 g/mol. The summed E-state index contributed by atoms with van der Waals surface area (Å²) in [6, 6.07) is 0. The van der Waals surface area contributed by atoms with E-state index >= 15 is 0 Å². The molecule has 0 spiro atoms. The summed E-state index contributed by atoms with van der Waals surface area (Å²) in [4.78, 5) is 76.1. The van der Waals surface area contributed by atoms with Crippen LogP contribution in [0.25, 0.3) is 11.2 Å². The Kier molecular flexibility index (Phi) is 23.4. The van der Waals surface area contributed by atoms with Gasteiger partial charge in [-0.2, -0.15) is 16.1 Å². The number of hydrogen-bond donors (Lipinski definition) is 9. The molecule has 2 unspecified atom stereocenters. The zero-order valence-corrected chi connectivity index (χ0v) is 39.3. The summed E-state index contributed by atoms with van der Waals surface area (Å²) in [7, 11) is -16.4. The van der Waals surface area contributed by atoms with Gasteiger partial charge in [-0.15, -0.1) is 6.58 Å². The van der Waals surface area contributed by atoms with Crippen molar-refractivity contribution in [3.05, 3.63) is 49.6 Å². The third-order valence-electron chi connectivity index (χ3n) is 9.46. The topological polar surface area (TPSA) is 347 Å². The second-order valence-corrected chi connectivity index (χ2v) is 20.8. The second-order valence-electron chi connectivity index (χ2n) is 15.3. The number of phosphoric acid groups is 3. The third kappa shape index (κ3) is 19.9. The molecule has 0 radical (unpaired) electrons. The first-order valence-corrected chi connectivity index (χ1v) is 26.2. The predicted molar refractivity (Wildman–Crippen MR) is 237 cm³/mol. The minimum Gasteiger partial charge on any atom is -0.386 e. The predicted octanol–water partition coefficient (Wildman–Crippen LogP) is 3.95. The van der Waals surface area contributed by atoms with E-state index < -0.39 is 78.6 Å². The van der Waals surface area contributed by atoms with Gasteiger partial charge in [-0.3, -0.25) is 27.7 Å². The summed E-state index contributed by atoms with van der Waals surface area (Å²) in [5.41, 5.74) is 4.33. The molecule has 23 nitrogen and oxygen atoms in total. The number of phosphoric ester groups is 3. The molecule has 3 heterocycles. The van der Waals surface area contributed by atoms with Crippen LogP contribution in [-0.4, -0.2) is 123 Å². The van der Waals surface area contributed by atoms with Crippen LogP contribution in [0.2, 0.25) is 0 Å². The standard InChI is InChI=1S/C37H62N7O16P3S/c1-4-5-6-7-8-9-10-11-12-13-14-15-16-17-21-64-22-20-39-28(45)18-19-40-35(48)32(47)37(2,3)24-57-63(54,55)60-62(52,53)56-23-27-31(59-61(49,50)51)30(46)36(58-27)44-26-43-29-33(38)41-25-42-34(29)44/h4,6-7,9-10,25-27,30-32,36,46-47H,1,5,8,11-24H2,2-3H3,(H,39,45)(H,40,48)(H,52,53)(H,54,55)(H2,38,41,42)(H2,49,50,51)/t27-,30-,31-,32+,36-/m1/s1. The number of nitrogens with two attached hydrogens (primary N) is 1. The Morgan fingerprint density at radius 2 is 1.62 bits per heavy atom. The van der Waals surface area contributed by atoms with E-state index in [4.69, 9.17) is 19.5 Å². The van der Waals surface area contributed by atoms with Crippen molar-refractivity contribution in [1.29, 1.82) is 0 Å². The maximum absolute atomic E-state index is 12.7. The Labute approximate surface area is 376 Å². The highest BCUT2D eigenvalue weighted by molar-refractivity contribution is 7.99. The lowest BCUT2D eigenvalue weighted by atomic mass is 9.87. The van der Waals surface area contributed by atoms with Gasteiger partial charge >= 0.3 is 23.5 Å². The number of thioether (sulfide) groups is 1. The molecule has 10 N–H and O–H groups in total. The van der Waals surface area contributed by atoms with Crippen LogP contribution in [0.15, 0.2) is 49.6 Å². The summed E-state index contributed by atoms with van der Waals surface area (Å²) in [6.07, 6.45) is 14.0. The number of carbonyl (C=O) groups is 2. The molecule has 0 aliphatic carbocycles. The molecule has 0 saturated carbocycles. The van der Waals surface area contributed by atoms with Gasteiger partial charge in [0.25, 0.3) is 0 Å². The normalized spacial score (nSPS) is 20.7. The molecule has 64 heavy (non-hydrogen) atoms. The van der Waals surface area contributed by atoms with Gasteiger partial charge in [0.05, 0.1) is 19.5 Å². The van der Waals surface area contributed by atoms with Crippen molar-refractivity contribution in [3.8, 4) is 0 Å². The van der Waals surface area contributed by atoms with E-state index in [0.717, 1.165) is 54.4 Å². The van der Waals surface area contributed by atoms with Crippen molar-refractivity contribution in [2.24, 2.45) is 5.41 Å². The van der Waals surface area contributed by atoms with Gasteiger partial charge in [-0.1, -0.05) is 69.9 Å². The number of allylic oxidation sites excluding steroid dienone is 5. The first kappa shape index (κ1) is 55.4. The van der Waals surface area contributed by atoms with Crippen molar-refractivity contribution in [1.82, 2.24) is 30.2 Å². The Bertz CT molecular complexity index is 2000. The fraction of sp³-hybridized carbons (Fsp3) is 0.649. The number of aromatic nitrogens is 4. The first-order chi connectivity index (χ1) is 30.2. The number of nitrogens with zero attached hydrogens (tertiary/aromatic N) is 4. The number of anilines is 1. The zero-order valence-electron chi connectivity index (χ0n) is 35.8. The lowest BCUT2D eigenvalue weighted by Gasteiger charge is -2.30. The minimum absolute atomic E-state index is 0.0343. The number of aliphatic hydroxyl groups is 2. The largest absolute Gasteiger partial charge is 0.481 e. The summed E-state index contributed by atoms with van der Waals surface area (Å²) >= 11 is 1.75. The van der Waals surface area contributed by atoms with Crippen LogP contribution in [0.4, 0.5) is 5.82 Å². The molecule has 0 aromatic carbocycles. The van der Waals surface area contributed by atoms with Crippen molar-refractivity contribution in [2.75, 3.05) is 43.5 Å². The van der Waals surface area contributed by atoms with Crippen LogP contribution in [0, 0.1) is 5.41 Å². The fourth-order valence-electron chi connectivity index (χ4n) is 6.06. The summed E-state index contributed by atoms with van der Waals surface area (Å²) in [6.45, 7) is 4.63. The van der Waals surface area contributed by atoms with Crippen molar-refractivity contribution < 1.29 is 75.7 Å². The van der Waals surface area contributed by atoms with Gasteiger partial charge < -0.3 is 50.9 Å². The van der Waals surface area contributed by atoms with E-state index in [-0.39, 0.29) is 35.9 Å². The van der Waals surface area contributed by atoms with E-state index in [2.05, 4.69) is 65.3 Å². The van der Waals surface area contributed by atoms with Crippen molar-refractivity contribution in [3.63, 3.8) is 0 Å². The number of nitrogen functional groups attached to an aromatic ring is 1. The second kappa shape index (κ2) is 27.1. The number of amides is 2. The minimum atomic E-state index is -5.56. The maximum atomic E-state index is 12.7. The van der Waals surface area contributed by atoms with Crippen LogP contribution in [0.1, 0.15) is 84.3 Å². The number of hydrogen-bond acceptors (Lipinski definition) is 17. The Morgan fingerprint density at radius 3 is 2.34 bits per heavy atom. The number of aliphatic hydroxyl groups excluding tert-OH is 2. The number of nitrogens with one attached hydrogen (secondary N) is 2. The molecular formula is C37H62N7O16P3S. The van der Waals surface area contributed by atoms with E-state index in [0.29, 0.717) is 6.54 Å². The molecule has 1 fully saturated rings. The maximum Gasteiger partial charge on any atom is 0.481 e. The summed E-state index contributed by atoms with van der Waals surface area (Å²) in [5.74, 6) is 0.471. The molecule has 27 heteroatoms. The Hall–Kier alpha value is -2.89. The smallest absolute Gasteiger partial charge is 0.386 e. The average molecular weight is 986 g/mol. The number of ether oxygens (including phenoxy) is 1. The highest BCUT2D eigenvalue weighted by Crippen LogP contribution is 2.61. The van der Waals surface area contributed by atoms with Gasteiger partial charge in [0.15, 0.2) is 17.7 Å². The quantitative estimate of drug-likeness (QED) is 0.0285. The molecule has 2 aromatic heterocycles. The summed E-state index contributed by atoms with van der Waals surface area (Å²) < 4.78 is 62.4. The molecule has 1 aliphatic rings. The van der Waals surface area contributed by atoms with E-state index in [1.54, 1.807) is 11.8 Å². The number of fused-ring (bicyclic) bond motifs is 1. The van der Waals surface area contributed by atoms with Crippen molar-refractivity contribution in [2.45, 2.75) is 109 Å². The molecule has 7 atom stereocenters. The van der Waals surface area contributed by atoms with Gasteiger partial charge in [0, 0.05) is 30.7 Å². The van der Waals surface area contributed by atoms with Crippen LogP contribution in [0.5, 0.6) is 0 Å². The third-order valence-corrected chi connectivity index (χ3v) is 13.6. The lowest BCUT2D eigenvalue weighted by Crippen LogP contribution is -2.46. The number of rotatable bonds is 32. The number of imidazole rings is 1. The highest BCUT2D eigenvalue weighted by atomic mass is 32.2. The molecule has 1 saturated heterocycles. The molecule has 362 valence electrons. The molecule has 2 amide bonds. The number of unbranched alkanes of at least 4 members (excludes halogenated alkanes) is 6. The van der Waals surface area contributed by atoms with Crippen LogP contribution in [0.3, 0.4) is 0 Å². The van der Waals surface area contributed by atoms with E-state index in [1.807, 2.05) is 6.08 Å².